The van der Waals surface area contributed by atoms with Gasteiger partial charge in [-0.1, -0.05) is 48.9 Å². The average molecular weight is 427 g/mol. The molecule has 0 bridgehead atoms. The molecular weight excluding hydrogens is 384 g/mol. The van der Waals surface area contributed by atoms with E-state index in [-0.39, 0.29) is 11.6 Å². The van der Waals surface area contributed by atoms with E-state index in [4.69, 9.17) is 4.74 Å². The van der Waals surface area contributed by atoms with Gasteiger partial charge in [-0.15, -0.1) is 0 Å². The highest BCUT2D eigenvalue weighted by atomic mass is 16.6. The molecule has 1 aromatic rings. The number of rotatable bonds is 10. The summed E-state index contributed by atoms with van der Waals surface area (Å²) in [6, 6.07) is 12.6. The third-order valence-corrected chi connectivity index (χ3v) is 6.41. The van der Waals surface area contributed by atoms with Crippen molar-refractivity contribution in [2.24, 2.45) is 5.92 Å². The SMILES string of the molecule is CC/C(=C\c1ccccc1)[C@@H]1CC1NC1CCC(NCCCC(=O)OC(C)(C)C)CC1. The lowest BCUT2D eigenvalue weighted by molar-refractivity contribution is -0.154. The Labute approximate surface area is 189 Å². The average Bonchev–Trinajstić information content (AvgIpc) is 3.49. The highest BCUT2D eigenvalue weighted by Crippen LogP contribution is 2.40. The van der Waals surface area contributed by atoms with Gasteiger partial charge in [0.25, 0.3) is 0 Å². The van der Waals surface area contributed by atoms with E-state index in [9.17, 15) is 4.79 Å². The smallest absolute Gasteiger partial charge is 0.306 e. The van der Waals surface area contributed by atoms with Gasteiger partial charge in [0.15, 0.2) is 0 Å². The first-order valence-electron chi connectivity index (χ1n) is 12.3. The van der Waals surface area contributed by atoms with Gasteiger partial charge in [-0.2, -0.15) is 0 Å². The van der Waals surface area contributed by atoms with Crippen molar-refractivity contribution in [1.29, 1.82) is 0 Å². The normalized spacial score (nSPS) is 26.5. The molecule has 0 heterocycles. The maximum Gasteiger partial charge on any atom is 0.306 e. The second-order valence-corrected chi connectivity index (χ2v) is 10.3. The molecule has 2 saturated carbocycles. The zero-order valence-corrected chi connectivity index (χ0v) is 20.0. The topological polar surface area (TPSA) is 50.4 Å². The Morgan fingerprint density at radius 3 is 2.42 bits per heavy atom. The van der Waals surface area contributed by atoms with E-state index < -0.39 is 0 Å². The minimum atomic E-state index is -0.383. The van der Waals surface area contributed by atoms with Crippen molar-refractivity contribution in [2.75, 3.05) is 6.54 Å². The quantitative estimate of drug-likeness (QED) is 0.384. The molecule has 31 heavy (non-hydrogen) atoms. The number of benzene rings is 1. The summed E-state index contributed by atoms with van der Waals surface area (Å²) in [5.41, 5.74) is 2.53. The lowest BCUT2D eigenvalue weighted by Crippen LogP contribution is -2.41. The largest absolute Gasteiger partial charge is 0.460 e. The van der Waals surface area contributed by atoms with Crippen LogP contribution in [0.3, 0.4) is 0 Å². The number of hydrogen-bond donors (Lipinski definition) is 2. The molecule has 2 N–H and O–H groups in total. The Balaban J connectivity index is 1.30. The Morgan fingerprint density at radius 1 is 1.10 bits per heavy atom. The summed E-state index contributed by atoms with van der Waals surface area (Å²) in [4.78, 5) is 11.8. The molecule has 3 rings (SSSR count). The fourth-order valence-electron chi connectivity index (χ4n) is 4.72. The zero-order valence-electron chi connectivity index (χ0n) is 20.0. The molecule has 0 spiro atoms. The fraction of sp³-hybridized carbons (Fsp3) is 0.667. The van der Waals surface area contributed by atoms with E-state index in [0.29, 0.717) is 30.5 Å². The predicted molar refractivity (Wildman–Crippen MR) is 129 cm³/mol. The van der Waals surface area contributed by atoms with E-state index in [1.165, 1.54) is 37.7 Å². The van der Waals surface area contributed by atoms with Gasteiger partial charge in [0.05, 0.1) is 0 Å². The molecule has 1 unspecified atom stereocenters. The number of ether oxygens (including phenoxy) is 1. The number of carbonyl (C=O) groups is 1. The van der Waals surface area contributed by atoms with Crippen LogP contribution in [0.4, 0.5) is 0 Å². The van der Waals surface area contributed by atoms with Gasteiger partial charge >= 0.3 is 5.97 Å². The van der Waals surface area contributed by atoms with Crippen LogP contribution in [0, 0.1) is 5.92 Å². The van der Waals surface area contributed by atoms with Crippen LogP contribution in [0.1, 0.15) is 84.6 Å². The van der Waals surface area contributed by atoms with Crippen LogP contribution in [0.25, 0.3) is 6.08 Å². The van der Waals surface area contributed by atoms with Crippen LogP contribution in [-0.4, -0.2) is 36.2 Å². The van der Waals surface area contributed by atoms with Gasteiger partial charge in [0.2, 0.25) is 0 Å². The van der Waals surface area contributed by atoms with Crippen molar-refractivity contribution in [3.8, 4) is 0 Å². The highest BCUT2D eigenvalue weighted by molar-refractivity contribution is 5.69. The van der Waals surface area contributed by atoms with Gasteiger partial charge in [-0.3, -0.25) is 4.79 Å². The minimum absolute atomic E-state index is 0.0889. The maximum atomic E-state index is 11.8. The summed E-state index contributed by atoms with van der Waals surface area (Å²) in [7, 11) is 0. The van der Waals surface area contributed by atoms with E-state index in [0.717, 1.165) is 19.4 Å². The Hall–Kier alpha value is -1.65. The van der Waals surface area contributed by atoms with E-state index in [1.54, 1.807) is 5.57 Å². The highest BCUT2D eigenvalue weighted by Gasteiger charge is 2.40. The summed E-state index contributed by atoms with van der Waals surface area (Å²) in [6.45, 7) is 8.94. The van der Waals surface area contributed by atoms with Gasteiger partial charge in [-0.25, -0.2) is 0 Å². The second-order valence-electron chi connectivity index (χ2n) is 10.3. The van der Waals surface area contributed by atoms with Crippen molar-refractivity contribution >= 4 is 12.0 Å². The van der Waals surface area contributed by atoms with Crippen LogP contribution in [0.2, 0.25) is 0 Å². The van der Waals surface area contributed by atoms with Crippen LogP contribution in [-0.2, 0) is 9.53 Å². The molecule has 2 aliphatic rings. The summed E-state index contributed by atoms with van der Waals surface area (Å²) in [5.74, 6) is 0.628. The second kappa shape index (κ2) is 11.3. The van der Waals surface area contributed by atoms with E-state index >= 15 is 0 Å². The zero-order chi connectivity index (χ0) is 22.3. The van der Waals surface area contributed by atoms with Crippen molar-refractivity contribution in [1.82, 2.24) is 10.6 Å². The number of esters is 1. The molecule has 0 aromatic heterocycles. The Bertz CT molecular complexity index is 715. The van der Waals surface area contributed by atoms with Crippen molar-refractivity contribution in [2.45, 2.75) is 103 Å². The number of carbonyl (C=O) groups excluding carboxylic acids is 1. The lowest BCUT2D eigenvalue weighted by Gasteiger charge is -2.30. The van der Waals surface area contributed by atoms with E-state index in [2.05, 4.69) is 54.0 Å². The summed E-state index contributed by atoms with van der Waals surface area (Å²) in [5, 5.41) is 7.59. The van der Waals surface area contributed by atoms with Gasteiger partial charge in [0, 0.05) is 24.5 Å². The first-order valence-corrected chi connectivity index (χ1v) is 12.3. The molecular formula is C27H42N2O2. The predicted octanol–water partition coefficient (Wildman–Crippen LogP) is 5.48. The first-order chi connectivity index (χ1) is 14.8. The molecule has 2 fully saturated rings. The van der Waals surface area contributed by atoms with E-state index in [1.807, 2.05) is 20.8 Å². The molecule has 2 aliphatic carbocycles. The Kier molecular flexibility index (Phi) is 8.74. The number of hydrogen-bond acceptors (Lipinski definition) is 4. The molecule has 2 atom stereocenters. The third kappa shape index (κ3) is 8.42. The van der Waals surface area contributed by atoms with Crippen LogP contribution in [0.15, 0.2) is 35.9 Å². The molecule has 0 saturated heterocycles. The maximum absolute atomic E-state index is 11.8. The summed E-state index contributed by atoms with van der Waals surface area (Å²) >= 11 is 0. The van der Waals surface area contributed by atoms with Crippen LogP contribution < -0.4 is 10.6 Å². The van der Waals surface area contributed by atoms with Gasteiger partial charge in [-0.05, 0) is 83.7 Å². The monoisotopic (exact) mass is 426 g/mol. The minimum Gasteiger partial charge on any atom is -0.460 e. The lowest BCUT2D eigenvalue weighted by atomic mass is 9.91. The summed E-state index contributed by atoms with van der Waals surface area (Å²) < 4.78 is 5.37. The molecule has 1 aromatic carbocycles. The Morgan fingerprint density at radius 2 is 1.77 bits per heavy atom. The van der Waals surface area contributed by atoms with Gasteiger partial charge < -0.3 is 15.4 Å². The molecule has 4 nitrogen and oxygen atoms in total. The van der Waals surface area contributed by atoms with Crippen molar-refractivity contribution < 1.29 is 9.53 Å². The number of nitrogens with one attached hydrogen (secondary N) is 2. The molecule has 0 amide bonds. The molecule has 172 valence electrons. The van der Waals surface area contributed by atoms with Crippen molar-refractivity contribution in [3.05, 3.63) is 41.5 Å². The molecule has 0 radical (unpaired) electrons. The van der Waals surface area contributed by atoms with Gasteiger partial charge in [0.1, 0.15) is 5.60 Å². The molecule has 4 heteroatoms. The third-order valence-electron chi connectivity index (χ3n) is 6.41. The van der Waals surface area contributed by atoms with Crippen LogP contribution >= 0.6 is 0 Å². The molecule has 0 aliphatic heterocycles. The summed E-state index contributed by atoms with van der Waals surface area (Å²) in [6.07, 6.45) is 11.1. The van der Waals surface area contributed by atoms with Crippen molar-refractivity contribution in [3.63, 3.8) is 0 Å². The first kappa shape index (κ1) is 24.0. The standard InChI is InChI=1S/C27H42N2O2/c1-5-21(18-20-10-7-6-8-11-20)24-19-25(24)29-23-15-13-22(14-16-23)28-17-9-12-26(30)31-27(2,3)4/h6-8,10-11,18,22-25,28-29H,5,9,12-17,19H2,1-4H3/b21-18+/t22?,23?,24-,25?/m0/s1. The fourth-order valence-corrected chi connectivity index (χ4v) is 4.72. The van der Waals surface area contributed by atoms with Crippen LogP contribution in [0.5, 0.6) is 0 Å².